The summed E-state index contributed by atoms with van der Waals surface area (Å²) in [5, 5.41) is 6.45. The lowest BCUT2D eigenvalue weighted by molar-refractivity contribution is -0.122. The van der Waals surface area contributed by atoms with Gasteiger partial charge in [-0.05, 0) is 12.8 Å². The van der Waals surface area contributed by atoms with Crippen molar-refractivity contribution in [2.45, 2.75) is 51.0 Å². The van der Waals surface area contributed by atoms with Crippen molar-refractivity contribution in [1.29, 1.82) is 0 Å². The molecule has 5 heteroatoms. The second-order valence-corrected chi connectivity index (χ2v) is 5.35. The fraction of sp³-hybridized carbons (Fsp3) is 0.933. The first-order valence-electron chi connectivity index (χ1n) is 7.89. The van der Waals surface area contributed by atoms with Crippen molar-refractivity contribution in [2.24, 2.45) is 0 Å². The molecule has 5 nitrogen and oxygen atoms in total. The summed E-state index contributed by atoms with van der Waals surface area (Å²) in [5.41, 5.74) is 0. The van der Waals surface area contributed by atoms with E-state index in [9.17, 15) is 4.79 Å². The van der Waals surface area contributed by atoms with Crippen LogP contribution in [0, 0.1) is 0 Å². The van der Waals surface area contributed by atoms with Crippen LogP contribution in [0.25, 0.3) is 0 Å². The van der Waals surface area contributed by atoms with E-state index in [1.54, 1.807) is 7.11 Å². The summed E-state index contributed by atoms with van der Waals surface area (Å²) in [5.74, 6) is 0.0603. The molecule has 1 rings (SSSR count). The van der Waals surface area contributed by atoms with Crippen LogP contribution < -0.4 is 10.6 Å². The fourth-order valence-electron chi connectivity index (χ4n) is 2.46. The zero-order valence-corrected chi connectivity index (χ0v) is 12.8. The highest BCUT2D eigenvalue weighted by molar-refractivity contribution is 5.75. The molecular weight excluding hydrogens is 256 g/mol. The molecule has 0 radical (unpaired) electrons. The Labute approximate surface area is 122 Å². The molecule has 0 aliphatic heterocycles. The summed E-state index contributed by atoms with van der Waals surface area (Å²) < 4.78 is 10.1. The Morgan fingerprint density at radius 3 is 2.50 bits per heavy atom. The monoisotopic (exact) mass is 286 g/mol. The second-order valence-electron chi connectivity index (χ2n) is 5.35. The van der Waals surface area contributed by atoms with Crippen molar-refractivity contribution in [2.75, 3.05) is 40.0 Å². The van der Waals surface area contributed by atoms with Gasteiger partial charge in [0.15, 0.2) is 0 Å². The van der Waals surface area contributed by atoms with E-state index in [4.69, 9.17) is 9.47 Å². The largest absolute Gasteiger partial charge is 0.382 e. The van der Waals surface area contributed by atoms with Crippen LogP contribution in [0.4, 0.5) is 0 Å². The van der Waals surface area contributed by atoms with E-state index in [1.807, 2.05) is 0 Å². The van der Waals surface area contributed by atoms with E-state index in [0.29, 0.717) is 38.8 Å². The maximum atomic E-state index is 11.5. The number of methoxy groups -OCH3 is 1. The van der Waals surface area contributed by atoms with Gasteiger partial charge in [0.2, 0.25) is 5.91 Å². The van der Waals surface area contributed by atoms with Gasteiger partial charge in [-0.25, -0.2) is 0 Å². The van der Waals surface area contributed by atoms with Crippen LogP contribution in [-0.2, 0) is 14.3 Å². The molecule has 0 aromatic carbocycles. The number of carbonyl (C=O) groups is 1. The predicted octanol–water partition coefficient (Wildman–Crippen LogP) is 1.47. The molecule has 0 saturated heterocycles. The van der Waals surface area contributed by atoms with E-state index in [-0.39, 0.29) is 5.91 Å². The molecule has 1 amide bonds. The molecule has 20 heavy (non-hydrogen) atoms. The Bertz CT molecular complexity index is 241. The van der Waals surface area contributed by atoms with E-state index in [1.165, 1.54) is 38.5 Å². The van der Waals surface area contributed by atoms with Gasteiger partial charge in [-0.2, -0.15) is 0 Å². The third-order valence-electron chi connectivity index (χ3n) is 3.64. The number of rotatable bonds is 10. The first kappa shape index (κ1) is 17.4. The van der Waals surface area contributed by atoms with Gasteiger partial charge in [0.25, 0.3) is 0 Å². The normalized spacial score (nSPS) is 16.9. The average Bonchev–Trinajstić information content (AvgIpc) is 2.72. The number of nitrogens with one attached hydrogen (secondary N) is 2. The molecule has 1 fully saturated rings. The molecule has 0 aromatic heterocycles. The molecule has 0 heterocycles. The van der Waals surface area contributed by atoms with Crippen molar-refractivity contribution in [3.8, 4) is 0 Å². The summed E-state index contributed by atoms with van der Waals surface area (Å²) in [4.78, 5) is 11.5. The molecule has 0 spiro atoms. The molecule has 0 bridgehead atoms. The zero-order chi connectivity index (χ0) is 14.5. The maximum Gasteiger partial charge on any atom is 0.222 e. The standard InChI is InChI=1S/C15H30N2O3/c1-19-12-13-20-11-8-15(18)17-10-9-16-14-6-4-2-3-5-7-14/h14,16H,2-13H2,1H3,(H,17,18). The van der Waals surface area contributed by atoms with Crippen LogP contribution in [0.15, 0.2) is 0 Å². The molecular formula is C15H30N2O3. The van der Waals surface area contributed by atoms with Gasteiger partial charge in [-0.3, -0.25) is 4.79 Å². The summed E-state index contributed by atoms with van der Waals surface area (Å²) in [6, 6.07) is 0.645. The third kappa shape index (κ3) is 9.28. The molecule has 0 aromatic rings. The minimum absolute atomic E-state index is 0.0603. The van der Waals surface area contributed by atoms with Gasteiger partial charge in [0.1, 0.15) is 0 Å². The number of carbonyl (C=O) groups excluding carboxylic acids is 1. The Morgan fingerprint density at radius 1 is 1.05 bits per heavy atom. The number of amides is 1. The molecule has 118 valence electrons. The van der Waals surface area contributed by atoms with Crippen molar-refractivity contribution in [3.63, 3.8) is 0 Å². The molecule has 2 N–H and O–H groups in total. The predicted molar refractivity (Wildman–Crippen MR) is 79.8 cm³/mol. The van der Waals surface area contributed by atoms with E-state index >= 15 is 0 Å². The van der Waals surface area contributed by atoms with E-state index in [2.05, 4.69) is 10.6 Å². The van der Waals surface area contributed by atoms with Crippen LogP contribution in [0.5, 0.6) is 0 Å². The highest BCUT2D eigenvalue weighted by atomic mass is 16.5. The third-order valence-corrected chi connectivity index (χ3v) is 3.64. The highest BCUT2D eigenvalue weighted by Crippen LogP contribution is 2.16. The molecule has 1 aliphatic carbocycles. The number of ether oxygens (including phenoxy) is 2. The topological polar surface area (TPSA) is 59.6 Å². The van der Waals surface area contributed by atoms with Crippen molar-refractivity contribution in [3.05, 3.63) is 0 Å². The van der Waals surface area contributed by atoms with Gasteiger partial charge in [-0.1, -0.05) is 25.7 Å². The molecule has 0 unspecified atom stereocenters. The number of hydrogen-bond acceptors (Lipinski definition) is 4. The average molecular weight is 286 g/mol. The van der Waals surface area contributed by atoms with Crippen LogP contribution in [0.2, 0.25) is 0 Å². The van der Waals surface area contributed by atoms with Crippen molar-refractivity contribution < 1.29 is 14.3 Å². The Kier molecular flexibility index (Phi) is 10.5. The smallest absolute Gasteiger partial charge is 0.222 e. The van der Waals surface area contributed by atoms with Crippen LogP contribution in [0.1, 0.15) is 44.9 Å². The Balaban J connectivity index is 1.90. The minimum Gasteiger partial charge on any atom is -0.382 e. The molecule has 1 aliphatic rings. The molecule has 0 atom stereocenters. The maximum absolute atomic E-state index is 11.5. The lowest BCUT2D eigenvalue weighted by Gasteiger charge is -2.16. The Hall–Kier alpha value is -0.650. The summed E-state index contributed by atoms with van der Waals surface area (Å²) in [6.45, 7) is 3.15. The highest BCUT2D eigenvalue weighted by Gasteiger charge is 2.10. The second kappa shape index (κ2) is 12.1. The zero-order valence-electron chi connectivity index (χ0n) is 12.8. The van der Waals surface area contributed by atoms with Crippen molar-refractivity contribution in [1.82, 2.24) is 10.6 Å². The number of hydrogen-bond donors (Lipinski definition) is 2. The first-order chi connectivity index (χ1) is 9.83. The summed E-state index contributed by atoms with van der Waals surface area (Å²) >= 11 is 0. The van der Waals surface area contributed by atoms with E-state index in [0.717, 1.165) is 6.54 Å². The van der Waals surface area contributed by atoms with Gasteiger partial charge in [-0.15, -0.1) is 0 Å². The summed E-state index contributed by atoms with van der Waals surface area (Å²) in [6.07, 6.45) is 8.40. The van der Waals surface area contributed by atoms with Gasteiger partial charge < -0.3 is 20.1 Å². The summed E-state index contributed by atoms with van der Waals surface area (Å²) in [7, 11) is 1.64. The Morgan fingerprint density at radius 2 is 1.80 bits per heavy atom. The van der Waals surface area contributed by atoms with Crippen LogP contribution >= 0.6 is 0 Å². The van der Waals surface area contributed by atoms with Gasteiger partial charge >= 0.3 is 0 Å². The van der Waals surface area contributed by atoms with Crippen LogP contribution in [0.3, 0.4) is 0 Å². The lowest BCUT2D eigenvalue weighted by atomic mass is 10.1. The SMILES string of the molecule is COCCOCCC(=O)NCCNC1CCCCCC1. The minimum atomic E-state index is 0.0603. The molecule has 1 saturated carbocycles. The van der Waals surface area contributed by atoms with E-state index < -0.39 is 0 Å². The fourth-order valence-corrected chi connectivity index (χ4v) is 2.46. The van der Waals surface area contributed by atoms with Crippen LogP contribution in [-0.4, -0.2) is 52.0 Å². The van der Waals surface area contributed by atoms with Gasteiger partial charge in [0.05, 0.1) is 19.8 Å². The van der Waals surface area contributed by atoms with Gasteiger partial charge in [0, 0.05) is 32.7 Å². The quantitative estimate of drug-likeness (QED) is 0.471. The van der Waals surface area contributed by atoms with Crippen molar-refractivity contribution >= 4 is 5.91 Å². The lowest BCUT2D eigenvalue weighted by Crippen LogP contribution is -2.37. The first-order valence-corrected chi connectivity index (χ1v) is 7.89.